The Balaban J connectivity index is 1.59. The van der Waals surface area contributed by atoms with Crippen molar-refractivity contribution in [3.8, 4) is 5.75 Å². The molecule has 0 saturated carbocycles. The zero-order valence-electron chi connectivity index (χ0n) is 15.1. The van der Waals surface area contributed by atoms with Gasteiger partial charge >= 0.3 is 6.61 Å². The summed E-state index contributed by atoms with van der Waals surface area (Å²) in [7, 11) is -3.64. The van der Waals surface area contributed by atoms with E-state index >= 15 is 0 Å². The lowest BCUT2D eigenvalue weighted by molar-refractivity contribution is -0.115. The highest BCUT2D eigenvalue weighted by Gasteiger charge is 2.15. The maximum Gasteiger partial charge on any atom is 0.387 e. The van der Waals surface area contributed by atoms with Crippen LogP contribution in [0.1, 0.15) is 5.56 Å². The molecule has 0 fully saturated rings. The largest absolute Gasteiger partial charge is 0.433 e. The van der Waals surface area contributed by atoms with Gasteiger partial charge in [0, 0.05) is 11.4 Å². The molecule has 1 aromatic heterocycles. The fraction of sp³-hybridized carbons (Fsp3) is 0.105. The van der Waals surface area contributed by atoms with Crippen molar-refractivity contribution in [1.29, 1.82) is 0 Å². The van der Waals surface area contributed by atoms with Crippen LogP contribution in [0.5, 0.6) is 5.75 Å². The average molecular weight is 473 g/mol. The maximum atomic E-state index is 12.3. The van der Waals surface area contributed by atoms with E-state index in [-0.39, 0.29) is 27.3 Å². The Bertz CT molecular complexity index is 1120. The van der Waals surface area contributed by atoms with Crippen molar-refractivity contribution < 1.29 is 26.7 Å². The molecule has 2 N–H and O–H groups in total. The third kappa shape index (κ3) is 5.91. The number of carbonyl (C=O) groups excluding carboxylic acids is 1. The van der Waals surface area contributed by atoms with E-state index in [2.05, 4.69) is 14.8 Å². The van der Waals surface area contributed by atoms with Crippen molar-refractivity contribution in [2.75, 3.05) is 10.0 Å². The molecule has 0 bridgehead atoms. The van der Waals surface area contributed by atoms with Crippen LogP contribution in [0.2, 0.25) is 5.02 Å². The van der Waals surface area contributed by atoms with E-state index in [0.29, 0.717) is 16.9 Å². The number of ether oxygens (including phenoxy) is 1. The second-order valence-corrected chi connectivity index (χ2v) is 9.25. The lowest BCUT2D eigenvalue weighted by atomic mass is 10.1. The third-order valence-corrected chi connectivity index (χ3v) is 6.84. The highest BCUT2D eigenvalue weighted by molar-refractivity contribution is 7.94. The van der Waals surface area contributed by atoms with Crippen LogP contribution in [-0.4, -0.2) is 20.9 Å². The summed E-state index contributed by atoms with van der Waals surface area (Å²) < 4.78 is 55.9. The highest BCUT2D eigenvalue weighted by atomic mass is 35.5. The van der Waals surface area contributed by atoms with Gasteiger partial charge in [-0.2, -0.15) is 8.78 Å². The zero-order valence-corrected chi connectivity index (χ0v) is 17.5. The Hall–Kier alpha value is -2.69. The van der Waals surface area contributed by atoms with Crippen LogP contribution >= 0.6 is 22.9 Å². The molecule has 0 aliphatic carbocycles. The summed E-state index contributed by atoms with van der Waals surface area (Å²) in [5, 5.41) is 4.22. The summed E-state index contributed by atoms with van der Waals surface area (Å²) in [4.78, 5) is 12.2. The van der Waals surface area contributed by atoms with Gasteiger partial charge in [-0.05, 0) is 47.3 Å². The monoisotopic (exact) mass is 472 g/mol. The fourth-order valence-corrected chi connectivity index (χ4v) is 4.75. The van der Waals surface area contributed by atoms with Crippen LogP contribution in [0, 0.1) is 0 Å². The average Bonchev–Trinajstić information content (AvgIpc) is 3.21. The van der Waals surface area contributed by atoms with Crippen LogP contribution in [0.25, 0.3) is 0 Å². The topological polar surface area (TPSA) is 84.5 Å². The summed E-state index contributed by atoms with van der Waals surface area (Å²) >= 11 is 6.97. The van der Waals surface area contributed by atoms with Crippen LogP contribution < -0.4 is 14.8 Å². The van der Waals surface area contributed by atoms with Gasteiger partial charge in [-0.1, -0.05) is 29.8 Å². The molecule has 0 atom stereocenters. The lowest BCUT2D eigenvalue weighted by Gasteiger charge is -2.10. The van der Waals surface area contributed by atoms with Gasteiger partial charge in [-0.25, -0.2) is 8.42 Å². The number of thiophene rings is 1. The number of benzene rings is 2. The molecular formula is C19H15ClF2N2O4S2. The van der Waals surface area contributed by atoms with Gasteiger partial charge < -0.3 is 10.1 Å². The number of alkyl halides is 2. The molecule has 0 aliphatic rings. The molecule has 0 aliphatic heterocycles. The highest BCUT2D eigenvalue weighted by Crippen LogP contribution is 2.29. The first-order chi connectivity index (χ1) is 14.2. The molecule has 3 aromatic rings. The number of nitrogens with one attached hydrogen (secondary N) is 2. The Morgan fingerprint density at radius 3 is 2.40 bits per heavy atom. The molecule has 30 heavy (non-hydrogen) atoms. The summed E-state index contributed by atoms with van der Waals surface area (Å²) in [6.45, 7) is -3.00. The van der Waals surface area contributed by atoms with Crippen molar-refractivity contribution in [2.24, 2.45) is 0 Å². The minimum absolute atomic E-state index is 0.0187. The summed E-state index contributed by atoms with van der Waals surface area (Å²) in [5.74, 6) is -0.550. The number of carbonyl (C=O) groups is 1. The van der Waals surface area contributed by atoms with E-state index < -0.39 is 16.6 Å². The van der Waals surface area contributed by atoms with Gasteiger partial charge in [0.1, 0.15) is 9.96 Å². The Labute approximate surface area is 180 Å². The van der Waals surface area contributed by atoms with E-state index in [1.807, 2.05) is 0 Å². The molecule has 1 amide bonds. The first-order valence-corrected chi connectivity index (χ1v) is 11.2. The SMILES string of the molecule is O=C(Cc1ccc(NS(=O)(=O)c2cccs2)cc1)Nc1ccc(OC(F)F)c(Cl)c1. The first kappa shape index (κ1) is 22.0. The predicted octanol–water partition coefficient (Wildman–Crippen LogP) is 4.98. The molecule has 11 heteroatoms. The molecule has 0 saturated heterocycles. The lowest BCUT2D eigenvalue weighted by Crippen LogP contribution is -2.15. The first-order valence-electron chi connectivity index (χ1n) is 8.42. The van der Waals surface area contributed by atoms with Gasteiger partial charge in [-0.3, -0.25) is 9.52 Å². The molecule has 3 rings (SSSR count). The third-order valence-electron chi connectivity index (χ3n) is 3.76. The second-order valence-electron chi connectivity index (χ2n) is 5.98. The fourth-order valence-electron chi connectivity index (χ4n) is 2.47. The second kappa shape index (κ2) is 9.41. The number of halogens is 3. The van der Waals surface area contributed by atoms with Crippen molar-refractivity contribution in [2.45, 2.75) is 17.2 Å². The summed E-state index contributed by atoms with van der Waals surface area (Å²) in [6.07, 6.45) is 0.0187. The zero-order chi connectivity index (χ0) is 21.7. The van der Waals surface area contributed by atoms with Gasteiger partial charge in [-0.15, -0.1) is 11.3 Å². The predicted molar refractivity (Wildman–Crippen MR) is 112 cm³/mol. The molecular weight excluding hydrogens is 458 g/mol. The standard InChI is InChI=1S/C19H15ClF2N2O4S2/c20-15-11-14(7-8-16(15)28-19(21)22)23-17(25)10-12-3-5-13(6-4-12)24-30(26,27)18-2-1-9-29-18/h1-9,11,19,24H,10H2,(H,23,25). The number of amides is 1. The molecule has 158 valence electrons. The summed E-state index contributed by atoms with van der Waals surface area (Å²) in [6, 6.07) is 13.4. The maximum absolute atomic E-state index is 12.3. The Morgan fingerprint density at radius 2 is 1.80 bits per heavy atom. The van der Waals surface area contributed by atoms with Crippen molar-refractivity contribution in [3.05, 3.63) is 70.6 Å². The Kier molecular flexibility index (Phi) is 6.91. The number of sulfonamides is 1. The van der Waals surface area contributed by atoms with Crippen molar-refractivity contribution in [1.82, 2.24) is 0 Å². The molecule has 1 heterocycles. The molecule has 0 unspecified atom stereocenters. The van der Waals surface area contributed by atoms with Crippen molar-refractivity contribution in [3.63, 3.8) is 0 Å². The van der Waals surface area contributed by atoms with Crippen LogP contribution in [0.15, 0.2) is 64.2 Å². The van der Waals surface area contributed by atoms with Crippen LogP contribution in [0.4, 0.5) is 20.2 Å². The van der Waals surface area contributed by atoms with E-state index in [9.17, 15) is 22.0 Å². The minimum Gasteiger partial charge on any atom is -0.433 e. The van der Waals surface area contributed by atoms with Gasteiger partial charge in [0.05, 0.1) is 11.4 Å². The molecule has 2 aromatic carbocycles. The molecule has 0 radical (unpaired) electrons. The number of rotatable bonds is 8. The van der Waals surface area contributed by atoms with E-state index in [1.165, 1.54) is 24.3 Å². The number of hydrogen-bond donors (Lipinski definition) is 2. The van der Waals surface area contributed by atoms with E-state index in [0.717, 1.165) is 11.3 Å². The summed E-state index contributed by atoms with van der Waals surface area (Å²) in [5.41, 5.74) is 1.34. The van der Waals surface area contributed by atoms with E-state index in [1.54, 1.807) is 35.7 Å². The van der Waals surface area contributed by atoms with Crippen LogP contribution in [-0.2, 0) is 21.2 Å². The normalized spacial score (nSPS) is 11.3. The number of hydrogen-bond acceptors (Lipinski definition) is 5. The minimum atomic E-state index is -3.64. The van der Waals surface area contributed by atoms with Crippen LogP contribution in [0.3, 0.4) is 0 Å². The molecule has 0 spiro atoms. The van der Waals surface area contributed by atoms with Gasteiger partial charge in [0.15, 0.2) is 0 Å². The van der Waals surface area contributed by atoms with Crippen molar-refractivity contribution >= 4 is 50.2 Å². The van der Waals surface area contributed by atoms with Gasteiger partial charge in [0.25, 0.3) is 10.0 Å². The quantitative estimate of drug-likeness (QED) is 0.484. The Morgan fingerprint density at radius 1 is 1.10 bits per heavy atom. The molecule has 6 nitrogen and oxygen atoms in total. The van der Waals surface area contributed by atoms with E-state index in [4.69, 9.17) is 11.6 Å². The smallest absolute Gasteiger partial charge is 0.387 e. The van der Waals surface area contributed by atoms with Gasteiger partial charge in [0.2, 0.25) is 5.91 Å². The number of anilines is 2.